The third-order valence-electron chi connectivity index (χ3n) is 3.24. The number of hydrogen-bond acceptors (Lipinski definition) is 5. The number of carbonyl (C=O) groups is 1. The normalized spacial score (nSPS) is 16.0. The van der Waals surface area contributed by atoms with Crippen LogP contribution in [0, 0.1) is 17.5 Å². The fourth-order valence-corrected chi connectivity index (χ4v) is 2.55. The Morgan fingerprint density at radius 3 is 2.46 bits per heavy atom. The lowest BCUT2D eigenvalue weighted by Crippen LogP contribution is -2.17. The molecule has 0 unspecified atom stereocenters. The molecular formula is C16H16F3NO3S. The number of thioether (sulfide) groups is 1. The summed E-state index contributed by atoms with van der Waals surface area (Å²) in [6.45, 7) is 1.60. The lowest BCUT2D eigenvalue weighted by molar-refractivity contribution is -0.137. The summed E-state index contributed by atoms with van der Waals surface area (Å²) in [7, 11) is 0. The monoisotopic (exact) mass is 359 g/mol. The molecule has 1 fully saturated rings. The predicted molar refractivity (Wildman–Crippen MR) is 86.5 cm³/mol. The number of benzene rings is 1. The number of ether oxygens (including phenoxy) is 1. The van der Waals surface area contributed by atoms with Crippen LogP contribution in [-0.2, 0) is 9.53 Å². The smallest absolute Gasteiger partial charge is 0.344 e. The number of carbonyl (C=O) groups excluding carboxylic acids is 1. The largest absolute Gasteiger partial charge is 0.506 e. The van der Waals surface area contributed by atoms with E-state index < -0.39 is 34.7 Å². The van der Waals surface area contributed by atoms with Crippen molar-refractivity contribution in [1.82, 2.24) is 0 Å². The fourth-order valence-electron chi connectivity index (χ4n) is 1.92. The van der Waals surface area contributed by atoms with Gasteiger partial charge in [-0.15, -0.1) is 11.8 Å². The van der Waals surface area contributed by atoms with E-state index in [1.54, 1.807) is 13.2 Å². The molecule has 4 nitrogen and oxygen atoms in total. The summed E-state index contributed by atoms with van der Waals surface area (Å²) >= 11 is 1.08. The summed E-state index contributed by atoms with van der Waals surface area (Å²) in [6, 6.07) is 0.828. The highest BCUT2D eigenvalue weighted by molar-refractivity contribution is 8.14. The van der Waals surface area contributed by atoms with Crippen molar-refractivity contribution in [1.29, 1.82) is 0 Å². The van der Waals surface area contributed by atoms with Crippen molar-refractivity contribution < 1.29 is 27.8 Å². The van der Waals surface area contributed by atoms with Crippen LogP contribution >= 0.6 is 11.8 Å². The summed E-state index contributed by atoms with van der Waals surface area (Å²) in [5, 5.41) is 10.5. The van der Waals surface area contributed by atoms with Gasteiger partial charge in [-0.25, -0.2) is 18.0 Å². The molecule has 1 saturated carbocycles. The minimum atomic E-state index is -1.39. The maximum atomic E-state index is 13.9. The number of halogens is 3. The minimum Gasteiger partial charge on any atom is -0.506 e. The van der Waals surface area contributed by atoms with E-state index in [0.717, 1.165) is 24.6 Å². The Morgan fingerprint density at radius 1 is 1.29 bits per heavy atom. The number of esters is 1. The van der Waals surface area contributed by atoms with Gasteiger partial charge in [0, 0.05) is 6.07 Å². The van der Waals surface area contributed by atoms with Crippen LogP contribution in [0.3, 0.4) is 0 Å². The molecule has 0 aromatic heterocycles. The maximum Gasteiger partial charge on any atom is 0.344 e. The second-order valence-electron chi connectivity index (χ2n) is 5.06. The van der Waals surface area contributed by atoms with Gasteiger partial charge in [-0.05, 0) is 32.1 Å². The van der Waals surface area contributed by atoms with E-state index in [0.29, 0.717) is 12.1 Å². The third kappa shape index (κ3) is 4.11. The zero-order chi connectivity index (χ0) is 17.9. The molecule has 0 heterocycles. The van der Waals surface area contributed by atoms with E-state index in [1.807, 2.05) is 0 Å². The van der Waals surface area contributed by atoms with Gasteiger partial charge in [-0.1, -0.05) is 0 Å². The van der Waals surface area contributed by atoms with Gasteiger partial charge < -0.3 is 9.84 Å². The highest BCUT2D eigenvalue weighted by Crippen LogP contribution is 2.30. The van der Waals surface area contributed by atoms with Crippen molar-refractivity contribution in [2.45, 2.75) is 25.8 Å². The van der Waals surface area contributed by atoms with Gasteiger partial charge in [0.1, 0.15) is 22.2 Å². The predicted octanol–water partition coefficient (Wildman–Crippen LogP) is 3.86. The van der Waals surface area contributed by atoms with Crippen molar-refractivity contribution in [3.8, 4) is 0 Å². The molecule has 0 saturated heterocycles. The van der Waals surface area contributed by atoms with Crippen LogP contribution in [0.2, 0.25) is 0 Å². The van der Waals surface area contributed by atoms with Crippen LogP contribution in [0.25, 0.3) is 5.76 Å². The quantitative estimate of drug-likeness (QED) is 0.217. The summed E-state index contributed by atoms with van der Waals surface area (Å²) in [5.41, 5.74) is -0.990. The van der Waals surface area contributed by atoms with Gasteiger partial charge in [0.25, 0.3) is 0 Å². The minimum absolute atomic E-state index is 0.0273. The van der Waals surface area contributed by atoms with E-state index in [2.05, 4.69) is 4.99 Å². The molecule has 24 heavy (non-hydrogen) atoms. The first-order valence-electron chi connectivity index (χ1n) is 7.26. The number of rotatable bonds is 5. The zero-order valence-corrected chi connectivity index (χ0v) is 13.9. The number of aliphatic hydroxyl groups excluding tert-OH is 1. The Labute approximate surface area is 141 Å². The lowest BCUT2D eigenvalue weighted by Gasteiger charge is -2.12. The number of nitrogens with zero attached hydrogens (tertiary/aromatic N) is 1. The standard InChI is InChI=1S/C16H16F3NO3S/c1-3-23-16(22)13(15(24-2)20-8-4-5-8)14(21)9-6-11(18)12(19)7-10(9)17/h6-8,21H,3-5H2,1-2H3. The van der Waals surface area contributed by atoms with Crippen molar-refractivity contribution in [3.05, 3.63) is 40.7 Å². The molecule has 8 heteroatoms. The first kappa shape index (κ1) is 18.4. The van der Waals surface area contributed by atoms with Crippen LogP contribution in [0.1, 0.15) is 25.3 Å². The zero-order valence-electron chi connectivity index (χ0n) is 13.1. The van der Waals surface area contributed by atoms with Crippen molar-refractivity contribution in [3.63, 3.8) is 0 Å². The SMILES string of the molecule is CCOC(=O)C(C(=NC1CC1)SC)=C(O)c1cc(F)c(F)cc1F. The first-order valence-corrected chi connectivity index (χ1v) is 8.48. The summed E-state index contributed by atoms with van der Waals surface area (Å²) in [6.07, 6.45) is 3.33. The maximum absolute atomic E-state index is 13.9. The third-order valence-corrected chi connectivity index (χ3v) is 3.93. The van der Waals surface area contributed by atoms with Gasteiger partial charge in [-0.3, -0.25) is 4.99 Å². The Morgan fingerprint density at radius 2 is 1.92 bits per heavy atom. The molecule has 1 aliphatic carbocycles. The summed E-state index contributed by atoms with van der Waals surface area (Å²) in [4.78, 5) is 16.5. The van der Waals surface area contributed by atoms with Crippen molar-refractivity contribution in [2.24, 2.45) is 4.99 Å². The molecular weight excluding hydrogens is 343 g/mol. The molecule has 1 aromatic rings. The summed E-state index contributed by atoms with van der Waals surface area (Å²) < 4.78 is 45.3. The average molecular weight is 359 g/mol. The highest BCUT2D eigenvalue weighted by atomic mass is 32.2. The van der Waals surface area contributed by atoms with Gasteiger partial charge in [0.15, 0.2) is 11.6 Å². The van der Waals surface area contributed by atoms with Crippen LogP contribution in [-0.4, -0.2) is 35.0 Å². The lowest BCUT2D eigenvalue weighted by atomic mass is 10.1. The molecule has 1 N–H and O–H groups in total. The van der Waals surface area contributed by atoms with E-state index in [4.69, 9.17) is 4.74 Å². The molecule has 1 aromatic carbocycles. The summed E-state index contributed by atoms with van der Waals surface area (Å²) in [5.74, 6) is -5.67. The van der Waals surface area contributed by atoms with Crippen molar-refractivity contribution >= 4 is 28.5 Å². The van der Waals surface area contributed by atoms with Crippen LogP contribution in [0.4, 0.5) is 13.2 Å². The van der Waals surface area contributed by atoms with Crippen LogP contribution < -0.4 is 0 Å². The van der Waals surface area contributed by atoms with Gasteiger partial charge in [-0.2, -0.15) is 0 Å². The molecule has 0 atom stereocenters. The Hall–Kier alpha value is -1.96. The van der Waals surface area contributed by atoms with E-state index in [9.17, 15) is 23.1 Å². The highest BCUT2D eigenvalue weighted by Gasteiger charge is 2.29. The van der Waals surface area contributed by atoms with Gasteiger partial charge in [0.05, 0.1) is 18.2 Å². The van der Waals surface area contributed by atoms with E-state index >= 15 is 0 Å². The molecule has 2 rings (SSSR count). The second kappa shape index (κ2) is 7.74. The van der Waals surface area contributed by atoms with Crippen molar-refractivity contribution in [2.75, 3.05) is 12.9 Å². The first-order chi connectivity index (χ1) is 11.4. The molecule has 1 aliphatic rings. The topological polar surface area (TPSA) is 58.9 Å². The fraction of sp³-hybridized carbons (Fsp3) is 0.375. The van der Waals surface area contributed by atoms with E-state index in [1.165, 1.54) is 0 Å². The molecule has 0 amide bonds. The molecule has 0 bridgehead atoms. The Balaban J connectivity index is 2.60. The average Bonchev–Trinajstić information content (AvgIpc) is 3.34. The molecule has 0 aliphatic heterocycles. The number of aliphatic hydroxyl groups is 1. The van der Waals surface area contributed by atoms with Crippen LogP contribution in [0.15, 0.2) is 22.7 Å². The van der Waals surface area contributed by atoms with Crippen LogP contribution in [0.5, 0.6) is 0 Å². The second-order valence-corrected chi connectivity index (χ2v) is 5.85. The Bertz CT molecular complexity index is 715. The Kier molecular flexibility index (Phi) is 5.93. The number of aliphatic imine (C=N–C) groups is 1. The van der Waals surface area contributed by atoms with E-state index in [-0.39, 0.29) is 23.3 Å². The molecule has 0 spiro atoms. The molecule has 0 radical (unpaired) electrons. The number of hydrogen-bond donors (Lipinski definition) is 1. The van der Waals surface area contributed by atoms with Gasteiger partial charge >= 0.3 is 5.97 Å². The molecule has 130 valence electrons. The van der Waals surface area contributed by atoms with Gasteiger partial charge in [0.2, 0.25) is 0 Å².